The maximum absolute atomic E-state index is 12.0. The van der Waals surface area contributed by atoms with Gasteiger partial charge in [0.05, 0.1) is 12.9 Å². The summed E-state index contributed by atoms with van der Waals surface area (Å²) >= 11 is 6.26. The molecule has 1 saturated heterocycles. The minimum Gasteiger partial charge on any atom is -0.387 e. The van der Waals surface area contributed by atoms with Crippen LogP contribution in [0.2, 0.25) is 5.28 Å². The molecule has 14 nitrogen and oxygen atoms in total. The van der Waals surface area contributed by atoms with Crippen molar-refractivity contribution in [1.29, 1.82) is 0 Å². The van der Waals surface area contributed by atoms with Gasteiger partial charge in [-0.1, -0.05) is 20.8 Å². The molecular formula is C21H32ClN5O9P2. The minimum atomic E-state index is -4.83. The monoisotopic (exact) mass is 595 g/mol. The molecule has 0 spiro atoms. The first-order valence-corrected chi connectivity index (χ1v) is 16.2. The summed E-state index contributed by atoms with van der Waals surface area (Å²) in [5.74, 6) is -0.349. The van der Waals surface area contributed by atoms with Gasteiger partial charge in [0.15, 0.2) is 29.1 Å². The molecule has 1 aliphatic heterocycles. The highest BCUT2D eigenvalue weighted by atomic mass is 35.5. The van der Waals surface area contributed by atoms with Crippen LogP contribution in [0.4, 0.5) is 5.82 Å². The quantitative estimate of drug-likeness (QED) is 0.191. The number of aliphatic hydroxyl groups excluding tert-OH is 2. The van der Waals surface area contributed by atoms with Crippen LogP contribution in [0.3, 0.4) is 0 Å². The number of hydrogen-bond donors (Lipinski definition) is 6. The lowest BCUT2D eigenvalue weighted by atomic mass is 9.69. The first-order valence-electron chi connectivity index (χ1n) is 12.2. The third-order valence-corrected chi connectivity index (χ3v) is 12.5. The number of imidazole rings is 1. The SMILES string of the molecule is CC1(C)C2CC[C@@]1(C)C(Nc1nc(Cl)nc3c1ncn3C1OC(COP(=O)(O)CP(=O)(O)O)C(O)C1O)C2. The number of aromatic nitrogens is 4. The van der Waals surface area contributed by atoms with Crippen molar-refractivity contribution in [3.8, 4) is 0 Å². The van der Waals surface area contributed by atoms with Gasteiger partial charge in [-0.3, -0.25) is 13.7 Å². The lowest BCUT2D eigenvalue weighted by molar-refractivity contribution is -0.0483. The fourth-order valence-corrected chi connectivity index (χ4v) is 9.06. The van der Waals surface area contributed by atoms with E-state index in [1.54, 1.807) is 0 Å². The van der Waals surface area contributed by atoms with Crippen LogP contribution in [-0.2, 0) is 18.4 Å². The van der Waals surface area contributed by atoms with Crippen molar-refractivity contribution in [2.45, 2.75) is 70.6 Å². The molecule has 38 heavy (non-hydrogen) atoms. The largest absolute Gasteiger partial charge is 0.387 e. The predicted octanol–water partition coefficient (Wildman–Crippen LogP) is 2.06. The number of anilines is 1. The van der Waals surface area contributed by atoms with Gasteiger partial charge in [0.2, 0.25) is 5.28 Å². The second kappa shape index (κ2) is 9.44. The van der Waals surface area contributed by atoms with Crippen LogP contribution in [0.5, 0.6) is 0 Å². The smallest absolute Gasteiger partial charge is 0.340 e. The minimum absolute atomic E-state index is 0.0536. The zero-order valence-corrected chi connectivity index (χ0v) is 23.6. The lowest BCUT2D eigenvalue weighted by Gasteiger charge is -2.39. The molecule has 3 fully saturated rings. The number of aliphatic hydroxyl groups is 2. The summed E-state index contributed by atoms with van der Waals surface area (Å²) in [6.07, 6.45) is -0.903. The van der Waals surface area contributed by atoms with Crippen molar-refractivity contribution in [3.63, 3.8) is 0 Å². The van der Waals surface area contributed by atoms with E-state index in [4.69, 9.17) is 30.6 Å². The molecule has 0 amide bonds. The Morgan fingerprint density at radius 1 is 1.21 bits per heavy atom. The Kier molecular flexibility index (Phi) is 7.04. The maximum atomic E-state index is 12.0. The molecule has 3 heterocycles. The zero-order chi connectivity index (χ0) is 27.8. The average Bonchev–Trinajstić information content (AvgIpc) is 3.44. The Bertz CT molecular complexity index is 1340. The summed E-state index contributed by atoms with van der Waals surface area (Å²) in [5, 5.41) is 24.6. The van der Waals surface area contributed by atoms with E-state index in [-0.39, 0.29) is 27.8 Å². The number of fused-ring (bicyclic) bond motifs is 3. The molecule has 2 aromatic heterocycles. The molecule has 0 radical (unpaired) electrons. The van der Waals surface area contributed by atoms with Crippen LogP contribution < -0.4 is 5.32 Å². The van der Waals surface area contributed by atoms with E-state index in [1.807, 2.05) is 0 Å². The molecule has 8 atom stereocenters. The Morgan fingerprint density at radius 2 is 1.92 bits per heavy atom. The van der Waals surface area contributed by atoms with E-state index in [9.17, 15) is 24.2 Å². The first-order chi connectivity index (χ1) is 17.5. The van der Waals surface area contributed by atoms with Gasteiger partial charge in [-0.2, -0.15) is 9.97 Å². The normalized spacial score (nSPS) is 36.1. The van der Waals surface area contributed by atoms with E-state index in [2.05, 4.69) is 41.0 Å². The molecule has 5 rings (SSSR count). The van der Waals surface area contributed by atoms with E-state index in [0.717, 1.165) is 12.8 Å². The number of hydrogen-bond acceptors (Lipinski definition) is 10. The molecule has 17 heteroatoms. The van der Waals surface area contributed by atoms with Crippen LogP contribution in [0.1, 0.15) is 46.3 Å². The molecule has 2 saturated carbocycles. The van der Waals surface area contributed by atoms with Gasteiger partial charge in [-0.25, -0.2) is 4.98 Å². The molecule has 6 N–H and O–H groups in total. The summed E-state index contributed by atoms with van der Waals surface area (Å²) < 4.78 is 34.9. The highest BCUT2D eigenvalue weighted by molar-refractivity contribution is 7.70. The lowest BCUT2D eigenvalue weighted by Crippen LogP contribution is -2.40. The van der Waals surface area contributed by atoms with Crippen molar-refractivity contribution in [2.75, 3.05) is 17.8 Å². The van der Waals surface area contributed by atoms with Crippen LogP contribution in [0, 0.1) is 16.7 Å². The van der Waals surface area contributed by atoms with Crippen molar-refractivity contribution >= 4 is 43.8 Å². The summed E-state index contributed by atoms with van der Waals surface area (Å²) in [7, 11) is -9.51. The van der Waals surface area contributed by atoms with Crippen molar-refractivity contribution in [1.82, 2.24) is 19.5 Å². The average molecular weight is 596 g/mol. The van der Waals surface area contributed by atoms with Crippen molar-refractivity contribution in [3.05, 3.63) is 11.6 Å². The number of rotatable bonds is 8. The third-order valence-electron chi connectivity index (χ3n) is 8.91. The Hall–Kier alpha value is -1.18. The Morgan fingerprint density at radius 3 is 2.53 bits per heavy atom. The Labute approximate surface area is 223 Å². The summed E-state index contributed by atoms with van der Waals surface area (Å²) in [6.45, 7) is 6.19. The number of ether oxygens (including phenoxy) is 1. The van der Waals surface area contributed by atoms with Gasteiger partial charge in [0, 0.05) is 6.04 Å². The summed E-state index contributed by atoms with van der Waals surface area (Å²) in [5.41, 5.74) is 0.855. The molecule has 212 valence electrons. The van der Waals surface area contributed by atoms with E-state index in [0.29, 0.717) is 17.3 Å². The fraction of sp³-hybridized carbons (Fsp3) is 0.762. The van der Waals surface area contributed by atoms with Gasteiger partial charge in [-0.05, 0) is 47.6 Å². The second-order valence-electron chi connectivity index (χ2n) is 11.3. The van der Waals surface area contributed by atoms with Gasteiger partial charge in [0.25, 0.3) is 0 Å². The van der Waals surface area contributed by atoms with Crippen LogP contribution in [-0.4, -0.2) is 81.3 Å². The number of nitrogens with zero attached hydrogens (tertiary/aromatic N) is 4. The molecule has 2 bridgehead atoms. The maximum Gasteiger partial charge on any atom is 0.340 e. The van der Waals surface area contributed by atoms with Crippen LogP contribution in [0.15, 0.2) is 6.33 Å². The number of halogens is 1. The summed E-state index contributed by atoms with van der Waals surface area (Å²) in [6, 6.07) is 0.148. The van der Waals surface area contributed by atoms with Crippen molar-refractivity contribution < 1.29 is 43.3 Å². The second-order valence-corrected chi connectivity index (χ2v) is 15.6. The van der Waals surface area contributed by atoms with Gasteiger partial charge in [0.1, 0.15) is 18.3 Å². The van der Waals surface area contributed by atoms with Gasteiger partial charge < -0.3 is 39.5 Å². The first kappa shape index (κ1) is 28.4. The van der Waals surface area contributed by atoms with Crippen LogP contribution >= 0.6 is 26.8 Å². The molecule has 0 aromatic carbocycles. The summed E-state index contributed by atoms with van der Waals surface area (Å²) in [4.78, 5) is 40.7. The van der Waals surface area contributed by atoms with Gasteiger partial charge in [-0.15, -0.1) is 0 Å². The fourth-order valence-electron chi connectivity index (χ4n) is 6.32. The Balaban J connectivity index is 1.37. The topological polar surface area (TPSA) is 209 Å². The molecule has 7 unspecified atom stereocenters. The van der Waals surface area contributed by atoms with Crippen molar-refractivity contribution in [2.24, 2.45) is 16.7 Å². The molecule has 2 aromatic rings. The standard InChI is InChI=1S/C21H32ClN5O9P2/c1-20(2)10-4-5-21(20,3)12(6-10)24-16-13-17(26-19(22)25-16)27(8-23-13)18-15(29)14(28)11(36-18)7-35-38(33,34)9-37(30,31)32/h8,10-12,14-15,18,28-29H,4-7,9H2,1-3H3,(H,33,34)(H,24,25,26)(H2,30,31,32)/t10?,11?,12?,14?,15?,18?,21-/m0/s1. The van der Waals surface area contributed by atoms with E-state index in [1.165, 1.54) is 17.3 Å². The molecular weight excluding hydrogens is 564 g/mol. The highest BCUT2D eigenvalue weighted by Gasteiger charge is 2.61. The van der Waals surface area contributed by atoms with Gasteiger partial charge >= 0.3 is 15.2 Å². The molecule has 2 aliphatic carbocycles. The predicted molar refractivity (Wildman–Crippen MR) is 136 cm³/mol. The van der Waals surface area contributed by atoms with Crippen LogP contribution in [0.25, 0.3) is 11.2 Å². The third kappa shape index (κ3) is 4.83. The number of nitrogens with one attached hydrogen (secondary N) is 1. The molecule has 3 aliphatic rings. The van der Waals surface area contributed by atoms with E-state index < -0.39 is 52.2 Å². The highest BCUT2D eigenvalue weighted by Crippen LogP contribution is 2.66. The van der Waals surface area contributed by atoms with E-state index >= 15 is 0 Å². The zero-order valence-electron chi connectivity index (χ0n) is 21.0.